The summed E-state index contributed by atoms with van der Waals surface area (Å²) in [5.41, 5.74) is 8.04. The third-order valence-electron chi connectivity index (χ3n) is 8.42. The molecule has 0 atom stereocenters. The topological polar surface area (TPSA) is 27.7 Å². The van der Waals surface area contributed by atoms with Gasteiger partial charge in [0.1, 0.15) is 0 Å². The molecule has 4 nitrogen and oxygen atoms in total. The SMILES string of the molecule is Cn1c(-n2c3ccccc3c3cc4ccc5c(c4cc32)c2ccccc2n5-c2ccccc2)nc2ccccc21. The molecule has 0 unspecified atom stereocenters. The Morgan fingerprint density at radius 3 is 1.95 bits per heavy atom. The summed E-state index contributed by atoms with van der Waals surface area (Å²) in [7, 11) is 2.11. The summed E-state index contributed by atoms with van der Waals surface area (Å²) in [5, 5.41) is 7.50. The highest BCUT2D eigenvalue weighted by molar-refractivity contribution is 6.24. The molecule has 9 aromatic rings. The summed E-state index contributed by atoms with van der Waals surface area (Å²) in [6.07, 6.45) is 0. The van der Waals surface area contributed by atoms with Crippen LogP contribution in [0.4, 0.5) is 0 Å². The molecular weight excluding hydrogens is 488 g/mol. The van der Waals surface area contributed by atoms with Crippen LogP contribution in [0.25, 0.3) is 77.1 Å². The first kappa shape index (κ1) is 21.6. The van der Waals surface area contributed by atoms with Crippen LogP contribution in [-0.4, -0.2) is 18.7 Å². The van der Waals surface area contributed by atoms with E-state index in [2.05, 4.69) is 148 Å². The average Bonchev–Trinajstić information content (AvgIpc) is 3.63. The maximum absolute atomic E-state index is 5.11. The Morgan fingerprint density at radius 1 is 0.475 bits per heavy atom. The largest absolute Gasteiger partial charge is 0.313 e. The molecule has 3 heterocycles. The molecule has 40 heavy (non-hydrogen) atoms. The minimum absolute atomic E-state index is 0.922. The van der Waals surface area contributed by atoms with Gasteiger partial charge in [0.15, 0.2) is 0 Å². The number of hydrogen-bond donors (Lipinski definition) is 0. The molecule has 0 aliphatic heterocycles. The molecule has 0 aliphatic rings. The predicted octanol–water partition coefficient (Wildman–Crippen LogP) is 8.92. The standard InChI is InChI=1S/C36H24N4/c1-38-32-18-10-7-15-29(32)37-36(38)40-30-16-8-5-13-25(30)28-21-23-19-20-33-35(27(23)22-34(28)40)26-14-6-9-17-31(26)39(33)24-11-3-2-4-12-24/h2-22H,1H3. The molecule has 0 radical (unpaired) electrons. The number of benzene rings is 6. The van der Waals surface area contributed by atoms with Gasteiger partial charge in [0.2, 0.25) is 5.95 Å². The fourth-order valence-corrected chi connectivity index (χ4v) is 6.66. The summed E-state index contributed by atoms with van der Waals surface area (Å²) >= 11 is 0. The summed E-state index contributed by atoms with van der Waals surface area (Å²) in [4.78, 5) is 5.11. The number of nitrogens with zero attached hydrogens (tertiary/aromatic N) is 4. The van der Waals surface area contributed by atoms with E-state index in [1.54, 1.807) is 0 Å². The highest BCUT2D eigenvalue weighted by atomic mass is 15.2. The first-order chi connectivity index (χ1) is 19.8. The minimum atomic E-state index is 0.922. The van der Waals surface area contributed by atoms with E-state index in [-0.39, 0.29) is 0 Å². The Kier molecular flexibility index (Phi) is 4.23. The van der Waals surface area contributed by atoms with Crippen molar-refractivity contribution in [3.8, 4) is 11.6 Å². The number of aromatic nitrogens is 4. The monoisotopic (exact) mass is 512 g/mol. The second kappa shape index (κ2) is 7.84. The molecule has 9 rings (SSSR count). The van der Waals surface area contributed by atoms with E-state index < -0.39 is 0 Å². The second-order valence-electron chi connectivity index (χ2n) is 10.6. The van der Waals surface area contributed by atoms with Crippen LogP contribution in [0.2, 0.25) is 0 Å². The van der Waals surface area contributed by atoms with Gasteiger partial charge in [0.05, 0.1) is 33.1 Å². The lowest BCUT2D eigenvalue weighted by Gasteiger charge is -2.10. The van der Waals surface area contributed by atoms with Crippen molar-refractivity contribution in [2.24, 2.45) is 7.05 Å². The molecule has 188 valence electrons. The number of hydrogen-bond acceptors (Lipinski definition) is 1. The molecule has 0 amide bonds. The lowest BCUT2D eigenvalue weighted by molar-refractivity contribution is 0.870. The van der Waals surface area contributed by atoms with E-state index >= 15 is 0 Å². The normalized spacial score (nSPS) is 12.1. The fourth-order valence-electron chi connectivity index (χ4n) is 6.66. The van der Waals surface area contributed by atoms with Crippen molar-refractivity contribution in [2.45, 2.75) is 0 Å². The van der Waals surface area contributed by atoms with Crippen LogP contribution in [0.5, 0.6) is 0 Å². The van der Waals surface area contributed by atoms with Gasteiger partial charge in [-0.3, -0.25) is 4.57 Å². The quantitative estimate of drug-likeness (QED) is 0.227. The smallest absolute Gasteiger partial charge is 0.215 e. The number of imidazole rings is 1. The van der Waals surface area contributed by atoms with E-state index in [0.717, 1.165) is 28.0 Å². The molecule has 0 saturated heterocycles. The van der Waals surface area contributed by atoms with E-state index in [9.17, 15) is 0 Å². The minimum Gasteiger partial charge on any atom is -0.313 e. The third kappa shape index (κ3) is 2.77. The molecule has 3 aromatic heterocycles. The summed E-state index contributed by atoms with van der Waals surface area (Å²) < 4.78 is 6.92. The zero-order chi connectivity index (χ0) is 26.4. The number of aryl methyl sites for hydroxylation is 1. The lowest BCUT2D eigenvalue weighted by Crippen LogP contribution is -2.02. The van der Waals surface area contributed by atoms with Crippen LogP contribution in [-0.2, 0) is 7.05 Å². The number of para-hydroxylation sites is 5. The lowest BCUT2D eigenvalue weighted by atomic mass is 10.0. The second-order valence-corrected chi connectivity index (χ2v) is 10.6. The molecular formula is C36H24N4. The number of rotatable bonds is 2. The Hall–Kier alpha value is -5.35. The van der Waals surface area contributed by atoms with Crippen LogP contribution in [0.3, 0.4) is 0 Å². The molecule has 0 aliphatic carbocycles. The Bertz CT molecular complexity index is 2440. The van der Waals surface area contributed by atoms with Crippen molar-refractivity contribution in [3.63, 3.8) is 0 Å². The van der Waals surface area contributed by atoms with Crippen molar-refractivity contribution >= 4 is 65.4 Å². The zero-order valence-corrected chi connectivity index (χ0v) is 21.9. The molecule has 0 bridgehead atoms. The van der Waals surface area contributed by atoms with Gasteiger partial charge >= 0.3 is 0 Å². The Morgan fingerprint density at radius 2 is 1.15 bits per heavy atom. The van der Waals surface area contributed by atoms with Gasteiger partial charge in [0.25, 0.3) is 0 Å². The van der Waals surface area contributed by atoms with E-state index in [1.807, 2.05) is 0 Å². The fraction of sp³-hybridized carbons (Fsp3) is 0.0278. The first-order valence-corrected chi connectivity index (χ1v) is 13.6. The predicted molar refractivity (Wildman–Crippen MR) is 167 cm³/mol. The molecule has 4 heteroatoms. The van der Waals surface area contributed by atoms with Crippen LogP contribution in [0.15, 0.2) is 127 Å². The molecule has 0 spiro atoms. The maximum Gasteiger partial charge on any atom is 0.215 e. The molecule has 0 N–H and O–H groups in total. The van der Waals surface area contributed by atoms with Crippen molar-refractivity contribution in [1.82, 2.24) is 18.7 Å². The van der Waals surface area contributed by atoms with Crippen molar-refractivity contribution < 1.29 is 0 Å². The Balaban J connectivity index is 1.47. The first-order valence-electron chi connectivity index (χ1n) is 13.6. The van der Waals surface area contributed by atoms with Gasteiger partial charge in [-0.2, -0.15) is 0 Å². The van der Waals surface area contributed by atoms with Gasteiger partial charge in [-0.15, -0.1) is 0 Å². The molecule has 0 saturated carbocycles. The van der Waals surface area contributed by atoms with Crippen LogP contribution >= 0.6 is 0 Å². The van der Waals surface area contributed by atoms with Crippen LogP contribution in [0, 0.1) is 0 Å². The zero-order valence-electron chi connectivity index (χ0n) is 21.9. The van der Waals surface area contributed by atoms with Gasteiger partial charge in [-0.05, 0) is 65.4 Å². The summed E-state index contributed by atoms with van der Waals surface area (Å²) in [6.45, 7) is 0. The summed E-state index contributed by atoms with van der Waals surface area (Å²) in [5.74, 6) is 0.922. The highest BCUT2D eigenvalue weighted by Crippen LogP contribution is 2.41. The Labute approximate surface area is 229 Å². The average molecular weight is 513 g/mol. The van der Waals surface area contributed by atoms with Crippen molar-refractivity contribution in [2.75, 3.05) is 0 Å². The maximum atomic E-state index is 5.11. The van der Waals surface area contributed by atoms with Crippen molar-refractivity contribution in [3.05, 3.63) is 127 Å². The van der Waals surface area contributed by atoms with Gasteiger partial charge in [-0.1, -0.05) is 72.8 Å². The highest BCUT2D eigenvalue weighted by Gasteiger charge is 2.20. The third-order valence-corrected chi connectivity index (χ3v) is 8.42. The number of fused-ring (bicyclic) bond motifs is 9. The van der Waals surface area contributed by atoms with Crippen LogP contribution in [0.1, 0.15) is 0 Å². The van der Waals surface area contributed by atoms with Gasteiger partial charge in [-0.25, -0.2) is 4.98 Å². The molecule has 6 aromatic carbocycles. The van der Waals surface area contributed by atoms with Gasteiger partial charge in [0, 0.05) is 34.3 Å². The molecule has 0 fully saturated rings. The summed E-state index contributed by atoms with van der Waals surface area (Å²) in [6, 6.07) is 45.7. The van der Waals surface area contributed by atoms with E-state index in [1.165, 1.54) is 49.0 Å². The van der Waals surface area contributed by atoms with Gasteiger partial charge < -0.3 is 9.13 Å². The van der Waals surface area contributed by atoms with Crippen LogP contribution < -0.4 is 0 Å². The van der Waals surface area contributed by atoms with Crippen molar-refractivity contribution in [1.29, 1.82) is 0 Å². The van der Waals surface area contributed by atoms with E-state index in [0.29, 0.717) is 0 Å². The van der Waals surface area contributed by atoms with E-state index in [4.69, 9.17) is 4.98 Å².